The van der Waals surface area contributed by atoms with Gasteiger partial charge in [-0.25, -0.2) is 4.79 Å². The van der Waals surface area contributed by atoms with Crippen LogP contribution in [0.3, 0.4) is 0 Å². The maximum Gasteiger partial charge on any atom is 0.326 e. The van der Waals surface area contributed by atoms with Gasteiger partial charge in [0.05, 0.1) is 6.04 Å². The fraction of sp³-hybridized carbons (Fsp3) is 0.875. The van der Waals surface area contributed by atoms with Crippen molar-refractivity contribution in [2.24, 2.45) is 28.4 Å². The predicted octanol–water partition coefficient (Wildman–Crippen LogP) is 1.46. The fourth-order valence-corrected chi connectivity index (χ4v) is 4.43. The number of carboxylic acid groups (broad SMARTS) is 1. The van der Waals surface area contributed by atoms with Crippen molar-refractivity contribution in [1.29, 1.82) is 0 Å². The van der Waals surface area contributed by atoms with Crippen molar-refractivity contribution in [2.75, 3.05) is 6.54 Å². The molecule has 5 heteroatoms. The van der Waals surface area contributed by atoms with E-state index < -0.39 is 18.1 Å². The molecule has 1 spiro atoms. The first-order valence-electron chi connectivity index (χ1n) is 7.96. The lowest BCUT2D eigenvalue weighted by Gasteiger charge is -2.33. The van der Waals surface area contributed by atoms with E-state index in [-0.39, 0.29) is 17.2 Å². The van der Waals surface area contributed by atoms with E-state index in [0.29, 0.717) is 17.9 Å². The van der Waals surface area contributed by atoms with Crippen LogP contribution in [-0.4, -0.2) is 40.5 Å². The van der Waals surface area contributed by atoms with Gasteiger partial charge in [-0.3, -0.25) is 4.79 Å². The van der Waals surface area contributed by atoms with Crippen LogP contribution in [0.1, 0.15) is 46.5 Å². The first-order chi connectivity index (χ1) is 9.67. The molecule has 1 amide bonds. The van der Waals surface area contributed by atoms with Crippen LogP contribution in [-0.2, 0) is 9.59 Å². The van der Waals surface area contributed by atoms with Crippen molar-refractivity contribution in [2.45, 2.75) is 58.5 Å². The van der Waals surface area contributed by atoms with Crippen LogP contribution in [0.25, 0.3) is 0 Å². The lowest BCUT2D eigenvalue weighted by atomic mass is 9.86. The molecule has 2 unspecified atom stereocenters. The summed E-state index contributed by atoms with van der Waals surface area (Å²) in [5.74, 6) is -0.564. The summed E-state index contributed by atoms with van der Waals surface area (Å²) >= 11 is 0. The number of nitrogens with zero attached hydrogens (tertiary/aromatic N) is 1. The summed E-state index contributed by atoms with van der Waals surface area (Å²) in [4.78, 5) is 26.0. The quantitative estimate of drug-likeness (QED) is 0.807. The Kier molecular flexibility index (Phi) is 3.14. The second-order valence-electron chi connectivity index (χ2n) is 8.29. The van der Waals surface area contributed by atoms with Gasteiger partial charge in [0.2, 0.25) is 5.91 Å². The maximum atomic E-state index is 12.7. The number of fused-ring (bicyclic) bond motifs is 2. The van der Waals surface area contributed by atoms with Crippen molar-refractivity contribution < 1.29 is 14.7 Å². The van der Waals surface area contributed by atoms with E-state index in [1.165, 1.54) is 12.8 Å². The van der Waals surface area contributed by atoms with Crippen LogP contribution in [0, 0.1) is 22.7 Å². The highest BCUT2D eigenvalue weighted by Gasteiger charge is 2.63. The summed E-state index contributed by atoms with van der Waals surface area (Å²) in [6.45, 7) is 6.35. The van der Waals surface area contributed by atoms with E-state index in [2.05, 4.69) is 0 Å². The lowest BCUT2D eigenvalue weighted by molar-refractivity contribution is -0.151. The van der Waals surface area contributed by atoms with Crippen molar-refractivity contribution in [3.05, 3.63) is 0 Å². The van der Waals surface area contributed by atoms with Gasteiger partial charge in [-0.2, -0.15) is 0 Å². The average Bonchev–Trinajstić information content (AvgIpc) is 2.93. The molecule has 3 aliphatic rings. The number of nitrogens with two attached hydrogens (primary N) is 1. The number of carboxylic acids is 1. The number of hydrogen-bond donors (Lipinski definition) is 2. The van der Waals surface area contributed by atoms with Gasteiger partial charge in [-0.1, -0.05) is 20.8 Å². The molecule has 0 aromatic rings. The van der Waals surface area contributed by atoms with Crippen molar-refractivity contribution in [3.8, 4) is 0 Å². The Hall–Kier alpha value is -1.10. The van der Waals surface area contributed by atoms with E-state index in [1.807, 2.05) is 20.8 Å². The molecule has 21 heavy (non-hydrogen) atoms. The Morgan fingerprint density at radius 2 is 1.90 bits per heavy atom. The number of likely N-dealkylation sites (tertiary alicyclic amines) is 1. The standard InChI is InChI=1S/C16H26N2O3/c1-15(2,3)12(17)13(19)18-8-10-9(11(18)14(20)21)4-5-16(10)6-7-16/h9-12H,4-8,17H2,1-3H3,(H,20,21)/t9?,10-,11?,12+/m0/s1. The molecule has 5 nitrogen and oxygen atoms in total. The first-order valence-corrected chi connectivity index (χ1v) is 7.96. The van der Waals surface area contributed by atoms with Crippen LogP contribution in [0.15, 0.2) is 0 Å². The second kappa shape index (κ2) is 4.45. The number of aliphatic carboxylic acids is 1. The molecule has 1 aliphatic heterocycles. The van der Waals surface area contributed by atoms with Gasteiger partial charge in [0.1, 0.15) is 6.04 Å². The minimum Gasteiger partial charge on any atom is -0.480 e. The third-order valence-electron chi connectivity index (χ3n) is 6.04. The Morgan fingerprint density at radius 3 is 2.38 bits per heavy atom. The second-order valence-corrected chi connectivity index (χ2v) is 8.29. The minimum absolute atomic E-state index is 0.126. The molecule has 4 atom stereocenters. The summed E-state index contributed by atoms with van der Waals surface area (Å²) in [5, 5.41) is 9.62. The molecule has 0 aromatic heterocycles. The number of hydrogen-bond acceptors (Lipinski definition) is 3. The van der Waals surface area contributed by atoms with Crippen LogP contribution in [0.2, 0.25) is 0 Å². The molecule has 0 aromatic carbocycles. The molecule has 1 saturated heterocycles. The van der Waals surface area contributed by atoms with E-state index in [0.717, 1.165) is 12.8 Å². The highest BCUT2D eigenvalue weighted by atomic mass is 16.4. The molecule has 3 fully saturated rings. The summed E-state index contributed by atoms with van der Waals surface area (Å²) in [7, 11) is 0. The van der Waals surface area contributed by atoms with Crippen molar-refractivity contribution in [1.82, 2.24) is 4.90 Å². The van der Waals surface area contributed by atoms with Gasteiger partial charge in [-0.15, -0.1) is 0 Å². The Bertz CT molecular complexity index is 478. The van der Waals surface area contributed by atoms with E-state index in [4.69, 9.17) is 5.73 Å². The topological polar surface area (TPSA) is 83.6 Å². The van der Waals surface area contributed by atoms with Gasteiger partial charge < -0.3 is 15.7 Å². The van der Waals surface area contributed by atoms with Gasteiger partial charge >= 0.3 is 5.97 Å². The number of rotatable bonds is 2. The smallest absolute Gasteiger partial charge is 0.326 e. The maximum absolute atomic E-state index is 12.7. The summed E-state index contributed by atoms with van der Waals surface area (Å²) < 4.78 is 0. The summed E-state index contributed by atoms with van der Waals surface area (Å²) in [6.07, 6.45) is 4.48. The lowest BCUT2D eigenvalue weighted by Crippen LogP contribution is -2.54. The molecule has 2 aliphatic carbocycles. The van der Waals surface area contributed by atoms with Gasteiger partial charge in [0.15, 0.2) is 0 Å². The third-order valence-corrected chi connectivity index (χ3v) is 6.04. The van der Waals surface area contributed by atoms with Crippen LogP contribution in [0.4, 0.5) is 0 Å². The summed E-state index contributed by atoms with van der Waals surface area (Å²) in [6, 6.07) is -1.32. The molecule has 0 radical (unpaired) electrons. The van der Waals surface area contributed by atoms with Crippen LogP contribution >= 0.6 is 0 Å². The van der Waals surface area contributed by atoms with Crippen molar-refractivity contribution >= 4 is 11.9 Å². The molecular formula is C16H26N2O3. The molecule has 3 N–H and O–H groups in total. The first kappa shape index (κ1) is 14.8. The average molecular weight is 294 g/mol. The normalized spacial score (nSPS) is 34.9. The molecule has 1 heterocycles. The molecule has 3 rings (SSSR count). The van der Waals surface area contributed by atoms with E-state index in [1.54, 1.807) is 4.90 Å². The third kappa shape index (κ3) is 2.17. The van der Waals surface area contributed by atoms with E-state index in [9.17, 15) is 14.7 Å². The number of carbonyl (C=O) groups is 2. The Labute approximate surface area is 125 Å². The van der Waals surface area contributed by atoms with E-state index >= 15 is 0 Å². The molecule has 2 saturated carbocycles. The summed E-state index contributed by atoms with van der Waals surface area (Å²) in [5.41, 5.74) is 6.08. The van der Waals surface area contributed by atoms with Gasteiger partial charge in [0.25, 0.3) is 0 Å². The monoisotopic (exact) mass is 294 g/mol. The zero-order chi connectivity index (χ0) is 15.6. The van der Waals surface area contributed by atoms with Crippen molar-refractivity contribution in [3.63, 3.8) is 0 Å². The van der Waals surface area contributed by atoms with Crippen LogP contribution < -0.4 is 5.73 Å². The van der Waals surface area contributed by atoms with Gasteiger partial charge in [-0.05, 0) is 48.3 Å². The highest BCUT2D eigenvalue weighted by molar-refractivity contribution is 5.88. The Balaban J connectivity index is 1.85. The zero-order valence-electron chi connectivity index (χ0n) is 13.1. The molecule has 0 bridgehead atoms. The zero-order valence-corrected chi connectivity index (χ0v) is 13.1. The number of amides is 1. The van der Waals surface area contributed by atoms with Crippen LogP contribution in [0.5, 0.6) is 0 Å². The fourth-order valence-electron chi connectivity index (χ4n) is 4.43. The molecular weight excluding hydrogens is 268 g/mol. The SMILES string of the molecule is CC(C)(C)[C@H](N)C(=O)N1C[C@H]2C(CCC23CC3)C1C(=O)O. The minimum atomic E-state index is -0.866. The largest absolute Gasteiger partial charge is 0.480 e. The Morgan fingerprint density at radius 1 is 1.29 bits per heavy atom. The number of carbonyl (C=O) groups excluding carboxylic acids is 1. The highest BCUT2D eigenvalue weighted by Crippen LogP contribution is 2.66. The molecule has 118 valence electrons. The van der Waals surface area contributed by atoms with Gasteiger partial charge in [0, 0.05) is 6.54 Å². The predicted molar refractivity (Wildman–Crippen MR) is 78.4 cm³/mol.